The van der Waals surface area contributed by atoms with E-state index in [9.17, 15) is 4.79 Å². The summed E-state index contributed by atoms with van der Waals surface area (Å²) in [5.74, 6) is 3.59. The summed E-state index contributed by atoms with van der Waals surface area (Å²) in [5.41, 5.74) is 0. The molecule has 0 spiro atoms. The molecule has 0 aliphatic rings. The van der Waals surface area contributed by atoms with Gasteiger partial charge in [0.05, 0.1) is 0 Å². The minimum absolute atomic E-state index is 0.251. The molecule has 9 heteroatoms. The molecule has 0 aliphatic heterocycles. The molecule has 2 N–H and O–H groups in total. The van der Waals surface area contributed by atoms with Gasteiger partial charge >= 0.3 is 0 Å². The van der Waals surface area contributed by atoms with Gasteiger partial charge in [-0.2, -0.15) is 0 Å². The van der Waals surface area contributed by atoms with Gasteiger partial charge in [-0.15, -0.1) is 0 Å². The third-order valence-corrected chi connectivity index (χ3v) is 4.66. The number of pyridine rings is 1. The van der Waals surface area contributed by atoms with Gasteiger partial charge in [-0.3, -0.25) is 4.79 Å². The molecule has 0 unspecified atom stereocenters. The number of nitrogens with zero attached hydrogens (tertiary/aromatic N) is 4. The van der Waals surface area contributed by atoms with Crippen molar-refractivity contribution in [2.45, 2.75) is 0 Å². The molecular weight excluding hydrogens is 456 g/mol. The second-order valence-electron chi connectivity index (χ2n) is 7.92. The van der Waals surface area contributed by atoms with Crippen molar-refractivity contribution in [1.82, 2.24) is 19.9 Å². The van der Waals surface area contributed by atoms with Crippen LogP contribution >= 0.6 is 0 Å². The lowest BCUT2D eigenvalue weighted by Crippen LogP contribution is -2.13. The molecule has 4 rings (SSSR count). The van der Waals surface area contributed by atoms with Crippen LogP contribution in [-0.4, -0.2) is 46.4 Å². The summed E-state index contributed by atoms with van der Waals surface area (Å²) < 4.78 is 11.7. The summed E-state index contributed by atoms with van der Waals surface area (Å²) in [4.78, 5) is 26.8. The highest BCUT2D eigenvalue weighted by Crippen LogP contribution is 2.27. The zero-order valence-electron chi connectivity index (χ0n) is 20.0. The lowest BCUT2D eigenvalue weighted by atomic mass is 10.3. The maximum atomic E-state index is 12.1. The number of amides is 1. The number of nitrogens with one attached hydrogen (secondary N) is 2. The highest BCUT2D eigenvalue weighted by atomic mass is 16.5. The number of benzene rings is 2. The van der Waals surface area contributed by atoms with E-state index in [0.29, 0.717) is 41.4 Å². The first-order valence-corrected chi connectivity index (χ1v) is 11.2. The number of likely N-dealkylation sites (N-methyl/N-ethyl adjacent to an activating group) is 1. The number of hydrogen-bond donors (Lipinski definition) is 2. The molecular formula is C27H26N6O3. The van der Waals surface area contributed by atoms with Gasteiger partial charge in [0.15, 0.2) is 0 Å². The van der Waals surface area contributed by atoms with Crippen LogP contribution in [0.4, 0.5) is 17.5 Å². The quantitative estimate of drug-likeness (QED) is 0.295. The molecule has 0 fully saturated rings. The molecule has 4 aromatic rings. The van der Waals surface area contributed by atoms with Crippen molar-refractivity contribution in [3.8, 4) is 23.1 Å². The van der Waals surface area contributed by atoms with Crippen LogP contribution in [0, 0.1) is 0 Å². The topological polar surface area (TPSA) is 102 Å². The Bertz CT molecular complexity index is 1310. The minimum atomic E-state index is -0.251. The number of carbonyl (C=O) groups is 1. The average molecular weight is 483 g/mol. The first kappa shape index (κ1) is 24.4. The molecule has 36 heavy (non-hydrogen) atoms. The van der Waals surface area contributed by atoms with Gasteiger partial charge in [-0.05, 0) is 62.6 Å². The lowest BCUT2D eigenvalue weighted by Gasteiger charge is -2.10. The van der Waals surface area contributed by atoms with Crippen LogP contribution in [0.1, 0.15) is 0 Å². The first-order chi connectivity index (χ1) is 17.5. The molecule has 0 aliphatic carbocycles. The summed E-state index contributed by atoms with van der Waals surface area (Å²) in [5, 5.41) is 5.84. The molecule has 2 aromatic heterocycles. The maximum Gasteiger partial charge on any atom is 0.249 e. The van der Waals surface area contributed by atoms with E-state index >= 15 is 0 Å². The molecule has 0 bridgehead atoms. The van der Waals surface area contributed by atoms with E-state index in [0.717, 1.165) is 5.75 Å². The molecule has 0 saturated heterocycles. The second kappa shape index (κ2) is 12.1. The molecule has 0 radical (unpaired) electrons. The standard InChI is InChI=1S/C27H26N6O3/c1-33(2)17-7-12-26(34)32-24-11-6-10-23(30-24)31-25-18-27(29-19-28-25)36-22-15-13-21(14-16-22)35-20-8-4-3-5-9-20/h3-16,18-19H,17H2,1-2H3,(H2,28,29,30,31,32,34)/b12-7+. The van der Waals surface area contributed by atoms with Crippen LogP contribution in [0.5, 0.6) is 23.1 Å². The number of hydrogen-bond acceptors (Lipinski definition) is 8. The van der Waals surface area contributed by atoms with E-state index in [1.807, 2.05) is 61.5 Å². The van der Waals surface area contributed by atoms with E-state index in [4.69, 9.17) is 9.47 Å². The fourth-order valence-corrected chi connectivity index (χ4v) is 3.03. The van der Waals surface area contributed by atoms with Crippen molar-refractivity contribution in [3.05, 3.63) is 97.3 Å². The molecule has 0 saturated carbocycles. The van der Waals surface area contributed by atoms with Crippen LogP contribution in [0.15, 0.2) is 97.3 Å². The van der Waals surface area contributed by atoms with Crippen LogP contribution in [0.25, 0.3) is 0 Å². The zero-order chi connectivity index (χ0) is 25.2. The van der Waals surface area contributed by atoms with Crippen molar-refractivity contribution in [2.24, 2.45) is 0 Å². The van der Waals surface area contributed by atoms with E-state index in [2.05, 4.69) is 25.6 Å². The van der Waals surface area contributed by atoms with Gasteiger partial charge < -0.3 is 25.0 Å². The fraction of sp³-hybridized carbons (Fsp3) is 0.111. The Morgan fingerprint density at radius 3 is 2.28 bits per heavy atom. The van der Waals surface area contributed by atoms with E-state index in [1.165, 1.54) is 12.4 Å². The smallest absolute Gasteiger partial charge is 0.249 e. The minimum Gasteiger partial charge on any atom is -0.457 e. The number of aromatic nitrogens is 3. The highest BCUT2D eigenvalue weighted by molar-refractivity contribution is 5.98. The second-order valence-corrected chi connectivity index (χ2v) is 7.92. The van der Waals surface area contributed by atoms with Gasteiger partial charge in [0.2, 0.25) is 11.8 Å². The molecule has 2 aromatic carbocycles. The number of rotatable bonds is 10. The van der Waals surface area contributed by atoms with Crippen molar-refractivity contribution in [3.63, 3.8) is 0 Å². The Kier molecular flexibility index (Phi) is 8.18. The van der Waals surface area contributed by atoms with Crippen molar-refractivity contribution in [1.29, 1.82) is 0 Å². The van der Waals surface area contributed by atoms with Gasteiger partial charge in [-0.1, -0.05) is 30.3 Å². The van der Waals surface area contributed by atoms with Crippen molar-refractivity contribution < 1.29 is 14.3 Å². The highest BCUT2D eigenvalue weighted by Gasteiger charge is 2.06. The third kappa shape index (κ3) is 7.64. The number of carbonyl (C=O) groups excluding carboxylic acids is 1. The Morgan fingerprint density at radius 2 is 1.53 bits per heavy atom. The van der Waals surface area contributed by atoms with E-state index in [1.54, 1.807) is 42.5 Å². The van der Waals surface area contributed by atoms with Gasteiger partial charge in [0.1, 0.15) is 41.0 Å². The summed E-state index contributed by atoms with van der Waals surface area (Å²) in [7, 11) is 3.86. The lowest BCUT2D eigenvalue weighted by molar-refractivity contribution is -0.111. The third-order valence-electron chi connectivity index (χ3n) is 4.66. The molecule has 9 nitrogen and oxygen atoms in total. The number of para-hydroxylation sites is 1. The van der Waals surface area contributed by atoms with Crippen molar-refractivity contribution >= 4 is 23.4 Å². The monoisotopic (exact) mass is 482 g/mol. The Hall–Kier alpha value is -4.76. The normalized spacial score (nSPS) is 10.9. The number of anilines is 3. The van der Waals surface area contributed by atoms with E-state index in [-0.39, 0.29) is 5.91 Å². The van der Waals surface area contributed by atoms with Gasteiger partial charge in [-0.25, -0.2) is 15.0 Å². The van der Waals surface area contributed by atoms with Crippen LogP contribution < -0.4 is 20.1 Å². The van der Waals surface area contributed by atoms with Crippen molar-refractivity contribution in [2.75, 3.05) is 31.3 Å². The van der Waals surface area contributed by atoms with Gasteiger partial charge in [0.25, 0.3) is 0 Å². The molecule has 0 atom stereocenters. The fourth-order valence-electron chi connectivity index (χ4n) is 3.03. The summed E-state index contributed by atoms with van der Waals surface area (Å²) in [6.45, 7) is 0.673. The first-order valence-electron chi connectivity index (χ1n) is 11.2. The summed E-state index contributed by atoms with van der Waals surface area (Å²) in [6.07, 6.45) is 4.66. The van der Waals surface area contributed by atoms with Crippen LogP contribution in [0.3, 0.4) is 0 Å². The Morgan fingerprint density at radius 1 is 0.833 bits per heavy atom. The predicted molar refractivity (Wildman–Crippen MR) is 139 cm³/mol. The van der Waals surface area contributed by atoms with Crippen LogP contribution in [0.2, 0.25) is 0 Å². The van der Waals surface area contributed by atoms with Crippen LogP contribution in [-0.2, 0) is 4.79 Å². The average Bonchev–Trinajstić information content (AvgIpc) is 2.86. The summed E-state index contributed by atoms with van der Waals surface area (Å²) in [6, 6.07) is 23.7. The SMILES string of the molecule is CN(C)C/C=C/C(=O)Nc1cccc(Nc2cc(Oc3ccc(Oc4ccccc4)cc3)ncn2)n1. The van der Waals surface area contributed by atoms with Gasteiger partial charge in [0, 0.05) is 18.7 Å². The molecule has 1 amide bonds. The Labute approximate surface area is 209 Å². The summed E-state index contributed by atoms with van der Waals surface area (Å²) >= 11 is 0. The van der Waals surface area contributed by atoms with E-state index < -0.39 is 0 Å². The molecule has 182 valence electrons. The number of ether oxygens (including phenoxy) is 2. The maximum absolute atomic E-state index is 12.1. The predicted octanol–water partition coefficient (Wildman–Crippen LogP) is 5.26. The zero-order valence-corrected chi connectivity index (χ0v) is 20.0. The Balaban J connectivity index is 1.35. The largest absolute Gasteiger partial charge is 0.457 e. The molecule has 2 heterocycles.